The molecule has 0 saturated carbocycles. The van der Waals surface area contributed by atoms with Crippen molar-refractivity contribution in [3.63, 3.8) is 0 Å². The summed E-state index contributed by atoms with van der Waals surface area (Å²) in [5.41, 5.74) is -1.10. The zero-order valence-electron chi connectivity index (χ0n) is 14.3. The highest BCUT2D eigenvalue weighted by Gasteiger charge is 2.32. The summed E-state index contributed by atoms with van der Waals surface area (Å²) >= 11 is 0. The summed E-state index contributed by atoms with van der Waals surface area (Å²) in [6.45, 7) is 5.20. The summed E-state index contributed by atoms with van der Waals surface area (Å²) in [6, 6.07) is 4.19. The molecule has 1 aromatic carbocycles. The van der Waals surface area contributed by atoms with E-state index in [4.69, 9.17) is 5.11 Å². The van der Waals surface area contributed by atoms with E-state index in [0.717, 1.165) is 0 Å². The van der Waals surface area contributed by atoms with Crippen LogP contribution in [-0.2, 0) is 24.4 Å². The minimum atomic E-state index is -4.00. The van der Waals surface area contributed by atoms with Crippen LogP contribution < -0.4 is 15.4 Å². The van der Waals surface area contributed by atoms with Gasteiger partial charge in [-0.3, -0.25) is 9.59 Å². The summed E-state index contributed by atoms with van der Waals surface area (Å²) < 4.78 is 26.7. The minimum Gasteiger partial charge on any atom is -0.480 e. The lowest BCUT2D eigenvalue weighted by Gasteiger charge is -2.23. The number of amides is 2. The number of nitrogens with one attached hydrogen (secondary N) is 3. The van der Waals surface area contributed by atoms with E-state index in [1.54, 1.807) is 0 Å². The zero-order chi connectivity index (χ0) is 19.4. The van der Waals surface area contributed by atoms with Crippen LogP contribution in [0.15, 0.2) is 29.2 Å². The number of hydrogen-bond donors (Lipinski definition) is 4. The Morgan fingerprint density at radius 2 is 1.64 bits per heavy atom. The Bertz CT molecular complexity index is 771. The zero-order valence-corrected chi connectivity index (χ0v) is 15.1. The number of rotatable bonds is 7. The molecule has 0 spiro atoms. The monoisotopic (exact) mass is 371 g/mol. The van der Waals surface area contributed by atoms with Gasteiger partial charge in [0, 0.05) is 12.6 Å². The first-order valence-electron chi connectivity index (χ1n) is 7.30. The molecule has 10 heteroatoms. The van der Waals surface area contributed by atoms with Crippen molar-refractivity contribution in [2.24, 2.45) is 0 Å². The molecule has 0 aliphatic carbocycles. The van der Waals surface area contributed by atoms with E-state index < -0.39 is 33.5 Å². The van der Waals surface area contributed by atoms with Crippen molar-refractivity contribution < 1.29 is 27.9 Å². The molecule has 25 heavy (non-hydrogen) atoms. The highest BCUT2D eigenvalue weighted by Crippen LogP contribution is 2.14. The highest BCUT2D eigenvalue weighted by molar-refractivity contribution is 7.89. The quantitative estimate of drug-likeness (QED) is 0.543. The lowest BCUT2D eigenvalue weighted by atomic mass is 10.1. The van der Waals surface area contributed by atoms with Gasteiger partial charge in [-0.1, -0.05) is 0 Å². The van der Waals surface area contributed by atoms with Crippen molar-refractivity contribution in [2.75, 3.05) is 5.32 Å². The molecule has 0 saturated heterocycles. The normalized spacial score (nSPS) is 13.0. The third-order valence-electron chi connectivity index (χ3n) is 3.18. The molecule has 1 unspecified atom stereocenters. The topological polar surface area (TPSA) is 142 Å². The van der Waals surface area contributed by atoms with Crippen LogP contribution >= 0.6 is 0 Å². The fourth-order valence-electron chi connectivity index (χ4n) is 1.74. The van der Waals surface area contributed by atoms with Crippen LogP contribution in [0.25, 0.3) is 0 Å². The van der Waals surface area contributed by atoms with Crippen molar-refractivity contribution in [1.82, 2.24) is 10.0 Å². The van der Waals surface area contributed by atoms with E-state index in [2.05, 4.69) is 15.4 Å². The van der Waals surface area contributed by atoms with Gasteiger partial charge in [-0.15, -0.1) is 0 Å². The third-order valence-corrected chi connectivity index (χ3v) is 4.74. The fraction of sp³-hybridized carbons (Fsp3) is 0.400. The lowest BCUT2D eigenvalue weighted by Crippen LogP contribution is -2.55. The average molecular weight is 371 g/mol. The molecule has 1 atom stereocenters. The van der Waals surface area contributed by atoms with Crippen molar-refractivity contribution in [3.8, 4) is 0 Å². The Hall–Kier alpha value is -2.46. The molecule has 1 aromatic rings. The molecule has 0 bridgehead atoms. The summed E-state index contributed by atoms with van der Waals surface area (Å²) in [5, 5.41) is 13.7. The first-order chi connectivity index (χ1) is 11.3. The first kappa shape index (κ1) is 20.6. The van der Waals surface area contributed by atoms with Gasteiger partial charge in [-0.2, -0.15) is 4.72 Å². The van der Waals surface area contributed by atoms with Crippen LogP contribution in [0.2, 0.25) is 0 Å². The largest absolute Gasteiger partial charge is 0.480 e. The highest BCUT2D eigenvalue weighted by atomic mass is 32.2. The van der Waals surface area contributed by atoms with Gasteiger partial charge in [0.15, 0.2) is 0 Å². The van der Waals surface area contributed by atoms with E-state index in [-0.39, 0.29) is 10.8 Å². The van der Waals surface area contributed by atoms with E-state index in [9.17, 15) is 22.8 Å². The van der Waals surface area contributed by atoms with Gasteiger partial charge in [0.25, 0.3) is 0 Å². The number of carbonyl (C=O) groups is 3. The second-order valence-electron chi connectivity index (χ2n) is 5.97. The van der Waals surface area contributed by atoms with Gasteiger partial charge in [0.05, 0.1) is 10.9 Å². The Balaban J connectivity index is 2.84. The number of hydrogen-bond acceptors (Lipinski definition) is 5. The molecule has 4 N–H and O–H groups in total. The van der Waals surface area contributed by atoms with Gasteiger partial charge >= 0.3 is 5.97 Å². The third kappa shape index (κ3) is 5.84. The molecule has 2 amide bonds. The number of carbonyl (C=O) groups excluding carboxylic acids is 2. The van der Waals surface area contributed by atoms with Crippen LogP contribution in [-0.4, -0.2) is 42.9 Å². The molecule has 0 fully saturated rings. The summed E-state index contributed by atoms with van der Waals surface area (Å²) in [4.78, 5) is 33.9. The lowest BCUT2D eigenvalue weighted by molar-refractivity contribution is -0.146. The SMILES string of the molecule is CC(=O)Nc1ccc(S(=O)(=O)NC(C)C(=O)NC(C)(C)C(=O)O)cc1. The van der Waals surface area contributed by atoms with Gasteiger partial charge in [-0.25, -0.2) is 13.2 Å². The maximum Gasteiger partial charge on any atom is 0.328 e. The van der Waals surface area contributed by atoms with E-state index in [1.807, 2.05) is 0 Å². The summed E-state index contributed by atoms with van der Waals surface area (Å²) in [7, 11) is -4.00. The van der Waals surface area contributed by atoms with E-state index in [0.29, 0.717) is 5.69 Å². The summed E-state index contributed by atoms with van der Waals surface area (Å²) in [6.07, 6.45) is 0. The minimum absolute atomic E-state index is 0.0984. The Morgan fingerprint density at radius 3 is 2.08 bits per heavy atom. The predicted molar refractivity (Wildman–Crippen MR) is 90.4 cm³/mol. The molecule has 9 nitrogen and oxygen atoms in total. The number of benzene rings is 1. The molecular formula is C15H21N3O6S. The molecule has 0 radical (unpaired) electrons. The van der Waals surface area contributed by atoms with Crippen molar-refractivity contribution in [2.45, 2.75) is 44.2 Å². The van der Waals surface area contributed by atoms with Crippen molar-refractivity contribution >= 4 is 33.5 Å². The Kier molecular flexibility index (Phi) is 6.27. The molecule has 1 rings (SSSR count). The molecule has 0 aliphatic heterocycles. The maximum atomic E-state index is 12.3. The second-order valence-corrected chi connectivity index (χ2v) is 7.68. The van der Waals surface area contributed by atoms with Crippen molar-refractivity contribution in [1.29, 1.82) is 0 Å². The van der Waals surface area contributed by atoms with Gasteiger partial charge in [-0.05, 0) is 45.0 Å². The maximum absolute atomic E-state index is 12.3. The van der Waals surface area contributed by atoms with Crippen LogP contribution in [0.1, 0.15) is 27.7 Å². The van der Waals surface area contributed by atoms with Gasteiger partial charge < -0.3 is 15.7 Å². The van der Waals surface area contributed by atoms with Gasteiger partial charge in [0.1, 0.15) is 5.54 Å². The Morgan fingerprint density at radius 1 is 1.12 bits per heavy atom. The van der Waals surface area contributed by atoms with Crippen molar-refractivity contribution in [3.05, 3.63) is 24.3 Å². The number of carboxylic acid groups (broad SMARTS) is 1. The number of anilines is 1. The molecular weight excluding hydrogens is 350 g/mol. The van der Waals surface area contributed by atoms with Crippen LogP contribution in [0, 0.1) is 0 Å². The van der Waals surface area contributed by atoms with Crippen LogP contribution in [0.3, 0.4) is 0 Å². The average Bonchev–Trinajstić information content (AvgIpc) is 2.46. The van der Waals surface area contributed by atoms with Crippen LogP contribution in [0.4, 0.5) is 5.69 Å². The Labute approximate surface area is 145 Å². The first-order valence-corrected chi connectivity index (χ1v) is 8.79. The number of sulfonamides is 1. The fourth-order valence-corrected chi connectivity index (χ4v) is 2.95. The molecule has 0 aromatic heterocycles. The van der Waals surface area contributed by atoms with Gasteiger partial charge in [0.2, 0.25) is 21.8 Å². The molecule has 138 valence electrons. The van der Waals surface area contributed by atoms with Crippen LogP contribution in [0.5, 0.6) is 0 Å². The van der Waals surface area contributed by atoms with E-state index in [1.165, 1.54) is 52.0 Å². The second kappa shape index (κ2) is 7.62. The predicted octanol–water partition coefficient (Wildman–Crippen LogP) is 0.291. The smallest absolute Gasteiger partial charge is 0.328 e. The molecule has 0 heterocycles. The molecule has 0 aliphatic rings. The number of aliphatic carboxylic acids is 1. The standard InChI is InChI=1S/C15H21N3O6S/c1-9(13(20)17-15(3,4)14(21)22)18-25(23,24)12-7-5-11(6-8-12)16-10(2)19/h5-9,18H,1-4H3,(H,16,19)(H,17,20)(H,21,22). The number of carboxylic acids is 1. The van der Waals surface area contributed by atoms with E-state index >= 15 is 0 Å². The summed E-state index contributed by atoms with van der Waals surface area (Å²) in [5.74, 6) is -2.31.